The highest BCUT2D eigenvalue weighted by atomic mass is 79.9. The van der Waals surface area contributed by atoms with Crippen LogP contribution in [0, 0.1) is 17.1 Å². The molecule has 0 radical (unpaired) electrons. The maximum atomic E-state index is 13.2. The quantitative estimate of drug-likeness (QED) is 0.923. The predicted octanol–water partition coefficient (Wildman–Crippen LogP) is 3.56. The second kappa shape index (κ2) is 5.15. The molecule has 0 atom stereocenters. The molecule has 3 nitrogen and oxygen atoms in total. The Balaban J connectivity index is 2.51. The summed E-state index contributed by atoms with van der Waals surface area (Å²) in [6, 6.07) is 10.1. The lowest BCUT2D eigenvalue weighted by atomic mass is 10.1. The molecule has 0 fully saturated rings. The third-order valence-electron chi connectivity index (χ3n) is 2.47. The maximum Gasteiger partial charge on any atom is 0.144 e. The van der Waals surface area contributed by atoms with Crippen LogP contribution in [0.4, 0.5) is 10.2 Å². The van der Waals surface area contributed by atoms with E-state index in [4.69, 9.17) is 5.26 Å². The Morgan fingerprint density at radius 1 is 1.33 bits per heavy atom. The summed E-state index contributed by atoms with van der Waals surface area (Å²) in [6.07, 6.45) is 0. The number of nitrogens with one attached hydrogen (secondary N) is 1. The Kier molecular flexibility index (Phi) is 3.58. The van der Waals surface area contributed by atoms with Gasteiger partial charge in [0.1, 0.15) is 17.7 Å². The minimum atomic E-state index is -0.318. The number of nitrogens with zero attached hydrogens (tertiary/aromatic N) is 2. The molecular weight excluding hydrogens is 297 g/mol. The van der Waals surface area contributed by atoms with Crippen LogP contribution < -0.4 is 5.32 Å². The molecule has 2 rings (SSSR count). The highest BCUT2D eigenvalue weighted by Gasteiger charge is 2.07. The first-order chi connectivity index (χ1) is 8.65. The fraction of sp³-hybridized carbons (Fsp3) is 0.0769. The highest BCUT2D eigenvalue weighted by molar-refractivity contribution is 9.10. The van der Waals surface area contributed by atoms with Crippen molar-refractivity contribution in [2.45, 2.75) is 0 Å². The average molecular weight is 306 g/mol. The Morgan fingerprint density at radius 2 is 2.11 bits per heavy atom. The van der Waals surface area contributed by atoms with Gasteiger partial charge < -0.3 is 5.32 Å². The monoisotopic (exact) mass is 305 g/mol. The lowest BCUT2D eigenvalue weighted by molar-refractivity contribution is 0.621. The average Bonchev–Trinajstić information content (AvgIpc) is 2.41. The molecule has 1 heterocycles. The van der Waals surface area contributed by atoms with E-state index < -0.39 is 0 Å². The van der Waals surface area contributed by atoms with Gasteiger partial charge in [-0.2, -0.15) is 5.26 Å². The van der Waals surface area contributed by atoms with Crippen molar-refractivity contribution in [2.24, 2.45) is 0 Å². The molecule has 0 spiro atoms. The molecule has 0 aliphatic carbocycles. The van der Waals surface area contributed by atoms with Gasteiger partial charge in [0.05, 0.1) is 15.7 Å². The van der Waals surface area contributed by atoms with Crippen LogP contribution in [0.1, 0.15) is 5.56 Å². The number of anilines is 1. The van der Waals surface area contributed by atoms with E-state index in [0.717, 1.165) is 5.56 Å². The van der Waals surface area contributed by atoms with Gasteiger partial charge in [-0.25, -0.2) is 9.37 Å². The van der Waals surface area contributed by atoms with E-state index in [2.05, 4.69) is 32.3 Å². The maximum absolute atomic E-state index is 13.2. The van der Waals surface area contributed by atoms with E-state index in [1.54, 1.807) is 31.3 Å². The zero-order valence-corrected chi connectivity index (χ0v) is 11.1. The molecule has 0 saturated heterocycles. The van der Waals surface area contributed by atoms with Crippen LogP contribution >= 0.6 is 15.9 Å². The summed E-state index contributed by atoms with van der Waals surface area (Å²) in [7, 11) is 1.70. The van der Waals surface area contributed by atoms with E-state index >= 15 is 0 Å². The Labute approximate surface area is 112 Å². The van der Waals surface area contributed by atoms with Crippen LogP contribution in [-0.2, 0) is 0 Å². The Hall–Kier alpha value is -1.93. The van der Waals surface area contributed by atoms with Crippen molar-refractivity contribution in [2.75, 3.05) is 12.4 Å². The number of benzene rings is 1. The lowest BCUT2D eigenvalue weighted by Crippen LogP contribution is -1.97. The normalized spacial score (nSPS) is 9.89. The molecule has 1 aromatic heterocycles. The van der Waals surface area contributed by atoms with E-state index in [9.17, 15) is 4.39 Å². The molecule has 90 valence electrons. The van der Waals surface area contributed by atoms with Crippen LogP contribution in [0.25, 0.3) is 11.3 Å². The lowest BCUT2D eigenvalue weighted by Gasteiger charge is -2.06. The molecule has 0 amide bonds. The van der Waals surface area contributed by atoms with E-state index in [1.807, 2.05) is 0 Å². The molecule has 0 bridgehead atoms. The van der Waals surface area contributed by atoms with Gasteiger partial charge in [0.25, 0.3) is 0 Å². The van der Waals surface area contributed by atoms with Crippen molar-refractivity contribution >= 4 is 21.7 Å². The van der Waals surface area contributed by atoms with Gasteiger partial charge in [-0.15, -0.1) is 0 Å². The number of hydrogen-bond acceptors (Lipinski definition) is 3. The first-order valence-electron chi connectivity index (χ1n) is 5.20. The summed E-state index contributed by atoms with van der Waals surface area (Å²) < 4.78 is 13.5. The smallest absolute Gasteiger partial charge is 0.144 e. The molecule has 18 heavy (non-hydrogen) atoms. The first kappa shape index (κ1) is 12.5. The van der Waals surface area contributed by atoms with Crippen molar-refractivity contribution < 1.29 is 4.39 Å². The number of halogens is 2. The minimum Gasteiger partial charge on any atom is -0.372 e. The van der Waals surface area contributed by atoms with Crippen molar-refractivity contribution in [3.05, 3.63) is 46.2 Å². The van der Waals surface area contributed by atoms with Crippen LogP contribution in [0.3, 0.4) is 0 Å². The summed E-state index contributed by atoms with van der Waals surface area (Å²) in [4.78, 5) is 4.33. The summed E-state index contributed by atoms with van der Waals surface area (Å²) >= 11 is 3.14. The standard InChI is InChI=1S/C13H9BrFN3/c1-17-13-9(7-16)3-5-12(18-13)8-2-4-11(15)10(14)6-8/h2-6H,1H3,(H,17,18). The van der Waals surface area contributed by atoms with Gasteiger partial charge in [-0.3, -0.25) is 0 Å². The Bertz CT molecular complexity index is 635. The van der Waals surface area contributed by atoms with E-state index in [1.165, 1.54) is 6.07 Å². The molecule has 1 N–H and O–H groups in total. The van der Waals surface area contributed by atoms with Gasteiger partial charge in [-0.1, -0.05) is 0 Å². The topological polar surface area (TPSA) is 48.7 Å². The Morgan fingerprint density at radius 3 is 2.72 bits per heavy atom. The SMILES string of the molecule is CNc1nc(-c2ccc(F)c(Br)c2)ccc1C#N. The summed E-state index contributed by atoms with van der Waals surface area (Å²) in [5, 5.41) is 11.8. The van der Waals surface area contributed by atoms with E-state index in [0.29, 0.717) is 21.5 Å². The number of nitriles is 1. The first-order valence-corrected chi connectivity index (χ1v) is 5.99. The van der Waals surface area contributed by atoms with Crippen LogP contribution in [0.5, 0.6) is 0 Å². The fourth-order valence-electron chi connectivity index (χ4n) is 1.56. The predicted molar refractivity (Wildman–Crippen MR) is 71.6 cm³/mol. The third kappa shape index (κ3) is 2.34. The summed E-state index contributed by atoms with van der Waals surface area (Å²) in [5.41, 5.74) is 1.94. The molecule has 0 saturated carbocycles. The second-order valence-corrected chi connectivity index (χ2v) is 4.44. The summed E-state index contributed by atoms with van der Waals surface area (Å²) in [5.74, 6) is 0.191. The van der Waals surface area contributed by atoms with Gasteiger partial charge in [-0.05, 0) is 46.3 Å². The van der Waals surface area contributed by atoms with Crippen molar-refractivity contribution in [3.63, 3.8) is 0 Å². The molecule has 2 aromatic rings. The van der Waals surface area contributed by atoms with Crippen LogP contribution in [-0.4, -0.2) is 12.0 Å². The van der Waals surface area contributed by atoms with Gasteiger partial charge in [0.15, 0.2) is 0 Å². The summed E-state index contributed by atoms with van der Waals surface area (Å²) in [6.45, 7) is 0. The zero-order valence-electron chi connectivity index (χ0n) is 9.54. The number of rotatable bonds is 2. The van der Waals surface area contributed by atoms with Gasteiger partial charge >= 0.3 is 0 Å². The van der Waals surface area contributed by atoms with Crippen LogP contribution in [0.2, 0.25) is 0 Å². The molecule has 1 aromatic carbocycles. The molecular formula is C13H9BrFN3. The van der Waals surface area contributed by atoms with Crippen LogP contribution in [0.15, 0.2) is 34.8 Å². The highest BCUT2D eigenvalue weighted by Crippen LogP contribution is 2.25. The number of aromatic nitrogens is 1. The molecule has 5 heteroatoms. The molecule has 0 aliphatic heterocycles. The van der Waals surface area contributed by atoms with Gasteiger partial charge in [0, 0.05) is 12.6 Å². The van der Waals surface area contributed by atoms with E-state index in [-0.39, 0.29) is 5.82 Å². The van der Waals surface area contributed by atoms with Crippen molar-refractivity contribution in [1.29, 1.82) is 5.26 Å². The fourth-order valence-corrected chi connectivity index (χ4v) is 1.93. The zero-order chi connectivity index (χ0) is 13.1. The van der Waals surface area contributed by atoms with Crippen molar-refractivity contribution in [1.82, 2.24) is 4.98 Å². The largest absolute Gasteiger partial charge is 0.372 e. The number of pyridine rings is 1. The molecule has 0 unspecified atom stereocenters. The van der Waals surface area contributed by atoms with Crippen molar-refractivity contribution in [3.8, 4) is 17.3 Å². The third-order valence-corrected chi connectivity index (χ3v) is 3.08. The minimum absolute atomic E-state index is 0.318. The number of hydrogen-bond donors (Lipinski definition) is 1. The second-order valence-electron chi connectivity index (χ2n) is 3.58. The van der Waals surface area contributed by atoms with Gasteiger partial charge in [0.2, 0.25) is 0 Å². The molecule has 0 aliphatic rings.